The molecule has 0 fully saturated rings. The summed E-state index contributed by atoms with van der Waals surface area (Å²) in [6.45, 7) is 5.59. The maximum absolute atomic E-state index is 11.5. The summed E-state index contributed by atoms with van der Waals surface area (Å²) in [5.74, 6) is 0.118. The predicted molar refractivity (Wildman–Crippen MR) is 78.4 cm³/mol. The first-order chi connectivity index (χ1) is 8.61. The summed E-state index contributed by atoms with van der Waals surface area (Å²) in [5.41, 5.74) is 1.22. The van der Waals surface area contributed by atoms with Crippen LogP contribution >= 0.6 is 15.9 Å². The highest BCUT2D eigenvalue weighted by molar-refractivity contribution is 9.10. The molecule has 1 aromatic carbocycles. The molecule has 1 rings (SSSR count). The zero-order valence-electron chi connectivity index (χ0n) is 11.0. The van der Waals surface area contributed by atoms with E-state index in [1.807, 2.05) is 19.1 Å². The van der Waals surface area contributed by atoms with Crippen molar-refractivity contribution in [2.45, 2.75) is 39.3 Å². The van der Waals surface area contributed by atoms with Crippen molar-refractivity contribution in [3.05, 3.63) is 34.3 Å². The Balaban J connectivity index is 2.15. The zero-order valence-corrected chi connectivity index (χ0v) is 12.6. The van der Waals surface area contributed by atoms with Crippen LogP contribution in [-0.2, 0) is 11.3 Å². The summed E-state index contributed by atoms with van der Waals surface area (Å²) < 4.78 is 1.08. The summed E-state index contributed by atoms with van der Waals surface area (Å²) >= 11 is 3.40. The summed E-state index contributed by atoms with van der Waals surface area (Å²) in [7, 11) is 0. The van der Waals surface area contributed by atoms with E-state index in [1.54, 1.807) is 0 Å². The Labute approximate surface area is 117 Å². The van der Waals surface area contributed by atoms with Crippen LogP contribution in [0.15, 0.2) is 28.7 Å². The summed E-state index contributed by atoms with van der Waals surface area (Å²) in [6, 6.07) is 8.44. The largest absolute Gasteiger partial charge is 0.354 e. The van der Waals surface area contributed by atoms with E-state index in [0.717, 1.165) is 17.4 Å². The van der Waals surface area contributed by atoms with Gasteiger partial charge in [-0.05, 0) is 31.0 Å². The molecule has 1 amide bonds. The molecule has 1 aromatic rings. The Morgan fingerprint density at radius 3 is 2.61 bits per heavy atom. The van der Waals surface area contributed by atoms with E-state index in [0.29, 0.717) is 13.0 Å². The van der Waals surface area contributed by atoms with Gasteiger partial charge in [0.15, 0.2) is 0 Å². The number of benzene rings is 1. The second kappa shape index (κ2) is 8.27. The van der Waals surface area contributed by atoms with Crippen LogP contribution < -0.4 is 10.6 Å². The first-order valence-electron chi connectivity index (χ1n) is 6.36. The fourth-order valence-corrected chi connectivity index (χ4v) is 1.75. The number of hydrogen-bond donors (Lipinski definition) is 2. The fourth-order valence-electron chi connectivity index (χ4n) is 1.49. The van der Waals surface area contributed by atoms with Crippen LogP contribution in [0.2, 0.25) is 0 Å². The molecule has 18 heavy (non-hydrogen) atoms. The number of amides is 1. The van der Waals surface area contributed by atoms with E-state index >= 15 is 0 Å². The molecule has 3 nitrogen and oxygen atoms in total. The SMILES string of the molecule is CCC(C)NC(=O)CCNCc1ccc(Br)cc1. The van der Waals surface area contributed by atoms with Gasteiger partial charge < -0.3 is 10.6 Å². The van der Waals surface area contributed by atoms with Crippen LogP contribution in [0.1, 0.15) is 32.3 Å². The van der Waals surface area contributed by atoms with Gasteiger partial charge >= 0.3 is 0 Å². The number of carbonyl (C=O) groups excluding carboxylic acids is 1. The second-order valence-corrected chi connectivity index (χ2v) is 5.35. The van der Waals surface area contributed by atoms with Gasteiger partial charge in [-0.25, -0.2) is 0 Å². The normalized spacial score (nSPS) is 12.2. The van der Waals surface area contributed by atoms with Crippen LogP contribution in [0.25, 0.3) is 0 Å². The standard InChI is InChI=1S/C14H21BrN2O/c1-3-11(2)17-14(18)8-9-16-10-12-4-6-13(15)7-5-12/h4-7,11,16H,3,8-10H2,1-2H3,(H,17,18). The highest BCUT2D eigenvalue weighted by Crippen LogP contribution is 2.10. The molecular weight excluding hydrogens is 292 g/mol. The van der Waals surface area contributed by atoms with Crippen LogP contribution in [0.3, 0.4) is 0 Å². The third-order valence-corrected chi connectivity index (χ3v) is 3.32. The van der Waals surface area contributed by atoms with Crippen molar-refractivity contribution in [3.8, 4) is 0 Å². The van der Waals surface area contributed by atoms with Crippen LogP contribution in [-0.4, -0.2) is 18.5 Å². The van der Waals surface area contributed by atoms with E-state index in [-0.39, 0.29) is 11.9 Å². The lowest BCUT2D eigenvalue weighted by Gasteiger charge is -2.11. The molecule has 0 radical (unpaired) electrons. The van der Waals surface area contributed by atoms with Crippen molar-refractivity contribution in [1.82, 2.24) is 10.6 Å². The first kappa shape index (κ1) is 15.2. The van der Waals surface area contributed by atoms with Crippen molar-refractivity contribution in [2.24, 2.45) is 0 Å². The maximum Gasteiger partial charge on any atom is 0.221 e. The van der Waals surface area contributed by atoms with Crippen molar-refractivity contribution < 1.29 is 4.79 Å². The first-order valence-corrected chi connectivity index (χ1v) is 7.15. The molecule has 0 aliphatic heterocycles. The minimum Gasteiger partial charge on any atom is -0.354 e. The molecule has 4 heteroatoms. The molecule has 0 bridgehead atoms. The fraction of sp³-hybridized carbons (Fsp3) is 0.500. The van der Waals surface area contributed by atoms with Gasteiger partial charge in [-0.3, -0.25) is 4.79 Å². The minimum atomic E-state index is 0.118. The van der Waals surface area contributed by atoms with Crippen LogP contribution in [0.5, 0.6) is 0 Å². The van der Waals surface area contributed by atoms with E-state index in [2.05, 4.69) is 45.6 Å². The molecule has 0 aliphatic rings. The quantitative estimate of drug-likeness (QED) is 0.760. The average molecular weight is 313 g/mol. The highest BCUT2D eigenvalue weighted by atomic mass is 79.9. The van der Waals surface area contributed by atoms with Gasteiger partial charge in [-0.15, -0.1) is 0 Å². The topological polar surface area (TPSA) is 41.1 Å². The zero-order chi connectivity index (χ0) is 13.4. The Morgan fingerprint density at radius 1 is 1.33 bits per heavy atom. The molecule has 1 unspecified atom stereocenters. The van der Waals surface area contributed by atoms with E-state index in [4.69, 9.17) is 0 Å². The molecule has 0 saturated heterocycles. The summed E-state index contributed by atoms with van der Waals surface area (Å²) in [4.78, 5) is 11.5. The number of rotatable bonds is 7. The van der Waals surface area contributed by atoms with E-state index < -0.39 is 0 Å². The number of halogens is 1. The molecule has 0 aliphatic carbocycles. The van der Waals surface area contributed by atoms with Crippen molar-refractivity contribution in [2.75, 3.05) is 6.54 Å². The Hall–Kier alpha value is -0.870. The molecule has 0 spiro atoms. The van der Waals surface area contributed by atoms with Gasteiger partial charge in [0.05, 0.1) is 0 Å². The molecule has 1 atom stereocenters. The monoisotopic (exact) mass is 312 g/mol. The maximum atomic E-state index is 11.5. The van der Waals surface area contributed by atoms with Crippen LogP contribution in [0.4, 0.5) is 0 Å². The van der Waals surface area contributed by atoms with Gasteiger partial charge in [0.1, 0.15) is 0 Å². The number of hydrogen-bond acceptors (Lipinski definition) is 2. The Bertz CT molecular complexity index is 365. The average Bonchev–Trinajstić information content (AvgIpc) is 2.36. The third kappa shape index (κ3) is 6.17. The van der Waals surface area contributed by atoms with E-state index in [1.165, 1.54) is 5.56 Å². The molecule has 0 heterocycles. The predicted octanol–water partition coefficient (Wildman–Crippen LogP) is 2.84. The van der Waals surface area contributed by atoms with E-state index in [9.17, 15) is 4.79 Å². The molecular formula is C14H21BrN2O. The number of nitrogens with one attached hydrogen (secondary N) is 2. The van der Waals surface area contributed by atoms with Crippen molar-refractivity contribution in [3.63, 3.8) is 0 Å². The summed E-state index contributed by atoms with van der Waals surface area (Å²) in [5, 5.41) is 6.22. The minimum absolute atomic E-state index is 0.118. The van der Waals surface area contributed by atoms with Crippen LogP contribution in [0, 0.1) is 0 Å². The second-order valence-electron chi connectivity index (χ2n) is 4.43. The Morgan fingerprint density at radius 2 is 2.00 bits per heavy atom. The lowest BCUT2D eigenvalue weighted by Crippen LogP contribution is -2.33. The lowest BCUT2D eigenvalue weighted by atomic mass is 10.2. The molecule has 2 N–H and O–H groups in total. The van der Waals surface area contributed by atoms with Crippen molar-refractivity contribution >= 4 is 21.8 Å². The van der Waals surface area contributed by atoms with Crippen molar-refractivity contribution in [1.29, 1.82) is 0 Å². The van der Waals surface area contributed by atoms with Gasteiger partial charge in [-0.2, -0.15) is 0 Å². The number of carbonyl (C=O) groups is 1. The van der Waals surface area contributed by atoms with Gasteiger partial charge in [0.25, 0.3) is 0 Å². The molecule has 0 aromatic heterocycles. The lowest BCUT2D eigenvalue weighted by molar-refractivity contribution is -0.121. The van der Waals surface area contributed by atoms with Gasteiger partial charge in [0, 0.05) is 30.0 Å². The molecule has 0 saturated carbocycles. The van der Waals surface area contributed by atoms with Gasteiger partial charge in [-0.1, -0.05) is 35.0 Å². The Kier molecular flexibility index (Phi) is 6.98. The highest BCUT2D eigenvalue weighted by Gasteiger charge is 2.04. The molecule has 100 valence electrons. The van der Waals surface area contributed by atoms with Gasteiger partial charge in [0.2, 0.25) is 5.91 Å². The summed E-state index contributed by atoms with van der Waals surface area (Å²) in [6.07, 6.45) is 1.50. The smallest absolute Gasteiger partial charge is 0.221 e. The third-order valence-electron chi connectivity index (χ3n) is 2.79.